The molecule has 6 aliphatic rings. The van der Waals surface area contributed by atoms with Gasteiger partial charge in [-0.3, -0.25) is 4.79 Å². The summed E-state index contributed by atoms with van der Waals surface area (Å²) in [6.07, 6.45) is 5.77. The molecule has 4 heterocycles. The number of aryl methyl sites for hydroxylation is 1. The van der Waals surface area contributed by atoms with E-state index >= 15 is 0 Å². The molecule has 1 amide bonds. The molecule has 406 valence electrons. The summed E-state index contributed by atoms with van der Waals surface area (Å²) in [5, 5.41) is 94.7. The molecule has 0 aromatic heterocycles. The maximum Gasteiger partial charge on any atom is 0.224 e. The summed E-state index contributed by atoms with van der Waals surface area (Å²) in [7, 11) is 7.88. The number of phenols is 2. The Hall–Kier alpha value is -2.45. The predicted octanol–water partition coefficient (Wildman–Crippen LogP) is 6.34. The summed E-state index contributed by atoms with van der Waals surface area (Å²) in [4.78, 5) is 13.0. The van der Waals surface area contributed by atoms with Gasteiger partial charge in [-0.2, -0.15) is 0 Å². The zero-order valence-electron chi connectivity index (χ0n) is 42.2. The summed E-state index contributed by atoms with van der Waals surface area (Å²) >= 11 is 0. The first-order valence-electron chi connectivity index (χ1n) is 26.4. The molecule has 4 fully saturated rings. The second-order valence-electron chi connectivity index (χ2n) is 21.3. The molecule has 4 aliphatic heterocycles. The highest BCUT2D eigenvalue weighted by Crippen LogP contribution is 2.58. The molecule has 2 aliphatic carbocycles. The fourth-order valence-corrected chi connectivity index (χ4v) is 18.8. The van der Waals surface area contributed by atoms with Crippen molar-refractivity contribution in [1.82, 2.24) is 10.6 Å². The van der Waals surface area contributed by atoms with Crippen LogP contribution < -0.4 is 24.8 Å². The first-order chi connectivity index (χ1) is 35.4. The van der Waals surface area contributed by atoms with Gasteiger partial charge in [0.05, 0.1) is 43.5 Å². The Morgan fingerprint density at radius 3 is 2.42 bits per heavy atom. The highest BCUT2D eigenvalue weighted by Gasteiger charge is 2.54. The summed E-state index contributed by atoms with van der Waals surface area (Å²) in [6.45, 7) is 2.31. The molecule has 1 spiro atoms. The van der Waals surface area contributed by atoms with Gasteiger partial charge in [0, 0.05) is 71.9 Å². The third-order valence-corrected chi connectivity index (χ3v) is 22.2. The average molecular weight is 1090 g/mol. The normalized spacial score (nSPS) is 35.6. The molecular weight excluding hydrogens is 1010 g/mol. The number of aliphatic hydroxyl groups is 6. The Labute approximate surface area is 446 Å². The van der Waals surface area contributed by atoms with Crippen molar-refractivity contribution in [3.63, 3.8) is 0 Å². The van der Waals surface area contributed by atoms with Gasteiger partial charge >= 0.3 is 0 Å². The lowest BCUT2D eigenvalue weighted by atomic mass is 9.51. The van der Waals surface area contributed by atoms with Crippen LogP contribution in [0.3, 0.4) is 0 Å². The number of rotatable bonds is 11. The van der Waals surface area contributed by atoms with E-state index in [1.54, 1.807) is 22.9 Å². The number of phenolic OH excluding ortho intramolecular Hbond substituents is 2. The Bertz CT molecular complexity index is 2200. The second-order valence-corrected chi connectivity index (χ2v) is 26.5. The van der Waals surface area contributed by atoms with Crippen LogP contribution in [-0.4, -0.2) is 141 Å². The Morgan fingerprint density at radius 2 is 1.63 bits per heavy atom. The highest BCUT2D eigenvalue weighted by molar-refractivity contribution is 8.77. The highest BCUT2D eigenvalue weighted by atomic mass is 33.1. The number of carbonyl (C=O) groups is 1. The van der Waals surface area contributed by atoms with Gasteiger partial charge in [0.25, 0.3) is 0 Å². The molecule has 15 nitrogen and oxygen atoms in total. The molecule has 19 heteroatoms. The predicted molar refractivity (Wildman–Crippen MR) is 288 cm³/mol. The topological polar surface area (TPSA) is 240 Å². The summed E-state index contributed by atoms with van der Waals surface area (Å²) in [5.74, 6) is 9.99. The monoisotopic (exact) mass is 1090 g/mol. The molecule has 2 aromatic rings. The smallest absolute Gasteiger partial charge is 0.224 e. The van der Waals surface area contributed by atoms with E-state index in [1.165, 1.54) is 34.8 Å². The fraction of sp³-hybridized carbons (Fsp3) is 0.722. The molecule has 10 N–H and O–H groups in total. The molecule has 15 atom stereocenters. The first-order valence-corrected chi connectivity index (χ1v) is 31.3. The number of methoxy groups -OCH3 is 1. The minimum atomic E-state index is -1.09. The molecule has 2 saturated heterocycles. The lowest BCUT2D eigenvalue weighted by Gasteiger charge is -2.54. The minimum absolute atomic E-state index is 0.00385. The van der Waals surface area contributed by atoms with E-state index < -0.39 is 43.9 Å². The van der Waals surface area contributed by atoms with Crippen molar-refractivity contribution in [3.8, 4) is 40.6 Å². The lowest BCUT2D eigenvalue weighted by molar-refractivity contribution is -0.123. The number of carbonyl (C=O) groups excluding carboxylic acids is 1. The third-order valence-electron chi connectivity index (χ3n) is 16.9. The van der Waals surface area contributed by atoms with Crippen molar-refractivity contribution < 1.29 is 64.6 Å². The van der Waals surface area contributed by atoms with Crippen molar-refractivity contribution in [2.45, 2.75) is 139 Å². The van der Waals surface area contributed by atoms with Gasteiger partial charge in [0.2, 0.25) is 11.7 Å². The molecule has 2 bridgehead atoms. The van der Waals surface area contributed by atoms with Gasteiger partial charge in [-0.15, -0.1) is 5.92 Å². The van der Waals surface area contributed by atoms with Gasteiger partial charge < -0.3 is 70.4 Å². The van der Waals surface area contributed by atoms with E-state index in [2.05, 4.69) is 29.4 Å². The molecule has 15 unspecified atom stereocenters. The van der Waals surface area contributed by atoms with Crippen LogP contribution in [0.2, 0.25) is 0 Å². The Morgan fingerprint density at radius 1 is 0.822 bits per heavy atom. The van der Waals surface area contributed by atoms with Crippen LogP contribution >= 0.6 is 43.2 Å². The maximum absolute atomic E-state index is 13.0. The van der Waals surface area contributed by atoms with Crippen molar-refractivity contribution in [2.75, 3.05) is 57.7 Å². The van der Waals surface area contributed by atoms with Crippen molar-refractivity contribution in [1.29, 1.82) is 0 Å². The molecule has 2 aromatic carbocycles. The zero-order valence-corrected chi connectivity index (χ0v) is 45.5. The van der Waals surface area contributed by atoms with Crippen LogP contribution in [0.5, 0.6) is 28.7 Å². The first kappa shape index (κ1) is 56.7. The number of aliphatic hydroxyl groups excluding tert-OH is 6. The van der Waals surface area contributed by atoms with Crippen LogP contribution in [0.25, 0.3) is 0 Å². The summed E-state index contributed by atoms with van der Waals surface area (Å²) < 4.78 is 23.5. The largest absolute Gasteiger partial charge is 0.504 e. The van der Waals surface area contributed by atoms with Gasteiger partial charge in [-0.1, -0.05) is 62.4 Å². The molecular formula is C54H78N2O13S4. The quantitative estimate of drug-likeness (QED) is 0.0671. The van der Waals surface area contributed by atoms with Crippen molar-refractivity contribution in [3.05, 3.63) is 41.0 Å². The van der Waals surface area contributed by atoms with E-state index in [-0.39, 0.29) is 101 Å². The van der Waals surface area contributed by atoms with Gasteiger partial charge in [0.1, 0.15) is 6.79 Å². The van der Waals surface area contributed by atoms with Crippen molar-refractivity contribution >= 4 is 49.1 Å². The molecule has 8 rings (SSSR count). The Balaban J connectivity index is 1.07. The Kier molecular flexibility index (Phi) is 20.8. The number of fused-ring (bicyclic) bond motifs is 2. The number of ether oxygens (including phenoxy) is 4. The number of benzene rings is 2. The molecule has 73 heavy (non-hydrogen) atoms. The minimum Gasteiger partial charge on any atom is -0.504 e. The van der Waals surface area contributed by atoms with Gasteiger partial charge in [-0.05, 0) is 142 Å². The standard InChI is InChI=1S/C54H78N2O13S4/c1-31-5-7-34-8-12-44(60)40-25-56-53(65)41(40)26-70-71-27-43-37-11-10-36(21-42(37)54(34,24-31)14-3-4-15-55-43)69-48-20-33-6-9-35(67-29-58)22-45(61)39(17-32-18-49(66-2)52(64)50(19-32)68-30-59)47(63)28-72-73-51(13-16-57)38(33)23-46(48)62/h18-20,23,31,34-37,39-45,47,51,55,57-64H,4-13,15-17,21-22,24-30H2,1-2H3,(H,56,65). The lowest BCUT2D eigenvalue weighted by Crippen LogP contribution is -2.53. The zero-order chi connectivity index (χ0) is 51.6. The molecule has 0 radical (unpaired) electrons. The maximum atomic E-state index is 13.0. The van der Waals surface area contributed by atoms with E-state index in [9.17, 15) is 45.6 Å². The number of hydrogen-bond acceptors (Lipinski definition) is 18. The van der Waals surface area contributed by atoms with Crippen molar-refractivity contribution in [2.24, 2.45) is 46.8 Å². The number of aromatic hydroxyl groups is 2. The van der Waals surface area contributed by atoms with Crippen LogP contribution in [-0.2, 0) is 22.4 Å². The summed E-state index contributed by atoms with van der Waals surface area (Å²) in [5.41, 5.74) is 2.02. The number of amides is 1. The van der Waals surface area contributed by atoms with E-state index in [4.69, 9.17) is 18.9 Å². The van der Waals surface area contributed by atoms with E-state index in [0.29, 0.717) is 61.1 Å². The van der Waals surface area contributed by atoms with E-state index in [1.807, 2.05) is 16.9 Å². The van der Waals surface area contributed by atoms with Crippen LogP contribution in [0.1, 0.15) is 106 Å². The van der Waals surface area contributed by atoms with E-state index in [0.717, 1.165) is 74.8 Å². The third kappa shape index (κ3) is 13.6. The van der Waals surface area contributed by atoms with Crippen LogP contribution in [0.15, 0.2) is 24.3 Å². The van der Waals surface area contributed by atoms with Crippen LogP contribution in [0, 0.1) is 58.7 Å². The number of nitrogens with one attached hydrogen (secondary N) is 2. The number of hydrogen-bond donors (Lipinski definition) is 10. The SMILES string of the molecule is COc1cc(CC2C(O)CSSC(CCO)c3cc(O)c(OC4CCC5C6CSSCC7C(=O)NCC7C(O)CCC7CCC(C)CC7(C#CCCN6)C5C4)cc3CCC(OCO)CC2O)cc(OCO)c1O. The van der Waals surface area contributed by atoms with Crippen LogP contribution in [0.4, 0.5) is 0 Å². The summed E-state index contributed by atoms with van der Waals surface area (Å²) in [6, 6.07) is 7.06. The average Bonchev–Trinajstić information content (AvgIpc) is 3.77. The second kappa shape index (κ2) is 26.7. The van der Waals surface area contributed by atoms with Gasteiger partial charge in [-0.25, -0.2) is 0 Å². The van der Waals surface area contributed by atoms with Gasteiger partial charge in [0.15, 0.2) is 29.8 Å². The molecule has 2 saturated carbocycles. The fourth-order valence-electron chi connectivity index (χ4n) is 13.2.